The molecule has 0 unspecified atom stereocenters. The van der Waals surface area contributed by atoms with Crippen LogP contribution in [-0.2, 0) is 7.05 Å². The molecule has 1 N–H and O–H groups in total. The number of ether oxygens (including phenoxy) is 1. The molecule has 31 heavy (non-hydrogen) atoms. The molecule has 0 atom stereocenters. The van der Waals surface area contributed by atoms with Crippen molar-refractivity contribution in [1.82, 2.24) is 29.6 Å². The Morgan fingerprint density at radius 3 is 2.77 bits per heavy atom. The number of aromatic nitrogens is 5. The van der Waals surface area contributed by atoms with E-state index < -0.39 is 0 Å². The number of fused-ring (bicyclic) bond motifs is 1. The van der Waals surface area contributed by atoms with Gasteiger partial charge in [0.2, 0.25) is 5.88 Å². The van der Waals surface area contributed by atoms with Gasteiger partial charge in [-0.3, -0.25) is 14.4 Å². The lowest BCUT2D eigenvalue weighted by Gasteiger charge is -2.35. The zero-order valence-electron chi connectivity index (χ0n) is 17.2. The van der Waals surface area contributed by atoms with E-state index in [0.29, 0.717) is 17.3 Å². The van der Waals surface area contributed by atoms with Gasteiger partial charge < -0.3 is 10.1 Å². The van der Waals surface area contributed by atoms with Crippen molar-refractivity contribution < 1.29 is 9.53 Å². The minimum atomic E-state index is -0.284. The Bertz CT molecular complexity index is 1260. The second-order valence-electron chi connectivity index (χ2n) is 7.66. The van der Waals surface area contributed by atoms with Crippen LogP contribution in [0.15, 0.2) is 55.1 Å². The molecule has 0 spiro atoms. The van der Waals surface area contributed by atoms with Crippen molar-refractivity contribution in [2.45, 2.75) is 6.10 Å². The number of hydrogen-bond acceptors (Lipinski definition) is 7. The van der Waals surface area contributed by atoms with Crippen LogP contribution in [0.3, 0.4) is 0 Å². The van der Waals surface area contributed by atoms with E-state index in [4.69, 9.17) is 4.74 Å². The summed E-state index contributed by atoms with van der Waals surface area (Å²) in [6.45, 7) is 1.71. The second kappa shape index (κ2) is 7.77. The third-order valence-electron chi connectivity index (χ3n) is 5.13. The fraction of sp³-hybridized carbons (Fsp3) is 0.227. The highest BCUT2D eigenvalue weighted by molar-refractivity contribution is 6.04. The zero-order chi connectivity index (χ0) is 21.4. The van der Waals surface area contributed by atoms with Gasteiger partial charge in [-0.05, 0) is 25.2 Å². The molecule has 1 aliphatic rings. The van der Waals surface area contributed by atoms with Crippen molar-refractivity contribution in [3.63, 3.8) is 0 Å². The Morgan fingerprint density at radius 2 is 2.00 bits per heavy atom. The van der Waals surface area contributed by atoms with Crippen LogP contribution in [-0.4, -0.2) is 61.8 Å². The van der Waals surface area contributed by atoms with Gasteiger partial charge in [-0.1, -0.05) is 0 Å². The molecule has 0 bridgehead atoms. The summed E-state index contributed by atoms with van der Waals surface area (Å²) >= 11 is 0. The van der Waals surface area contributed by atoms with E-state index in [0.717, 1.165) is 35.2 Å². The summed E-state index contributed by atoms with van der Waals surface area (Å²) in [7, 11) is 3.89. The second-order valence-corrected chi connectivity index (χ2v) is 7.66. The van der Waals surface area contributed by atoms with Gasteiger partial charge in [0.15, 0.2) is 0 Å². The number of amides is 1. The number of hydrogen-bond donors (Lipinski definition) is 1. The highest BCUT2D eigenvalue weighted by atomic mass is 16.5. The van der Waals surface area contributed by atoms with Gasteiger partial charge in [-0.15, -0.1) is 0 Å². The monoisotopic (exact) mass is 415 g/mol. The average molecular weight is 415 g/mol. The first-order chi connectivity index (χ1) is 15.0. The van der Waals surface area contributed by atoms with Gasteiger partial charge in [0, 0.05) is 67.4 Å². The number of carbonyl (C=O) groups is 1. The van der Waals surface area contributed by atoms with Crippen LogP contribution >= 0.6 is 0 Å². The van der Waals surface area contributed by atoms with Crippen LogP contribution in [0.1, 0.15) is 10.4 Å². The van der Waals surface area contributed by atoms with E-state index in [9.17, 15) is 4.79 Å². The molecular weight excluding hydrogens is 394 g/mol. The summed E-state index contributed by atoms with van der Waals surface area (Å²) in [4.78, 5) is 28.1. The van der Waals surface area contributed by atoms with E-state index >= 15 is 0 Å². The maximum atomic E-state index is 12.7. The number of pyridine rings is 3. The molecule has 5 rings (SSSR count). The van der Waals surface area contributed by atoms with Gasteiger partial charge in [0.25, 0.3) is 5.91 Å². The van der Waals surface area contributed by atoms with Crippen molar-refractivity contribution in [3.8, 4) is 17.1 Å². The van der Waals surface area contributed by atoms with E-state index in [1.807, 2.05) is 32.4 Å². The lowest BCUT2D eigenvalue weighted by atomic mass is 10.2. The Kier molecular flexibility index (Phi) is 4.79. The van der Waals surface area contributed by atoms with Gasteiger partial charge in [-0.2, -0.15) is 5.10 Å². The average Bonchev–Trinajstić information content (AvgIpc) is 3.19. The third-order valence-corrected chi connectivity index (χ3v) is 5.13. The van der Waals surface area contributed by atoms with Gasteiger partial charge in [-0.25, -0.2) is 15.0 Å². The topological polar surface area (TPSA) is 98.1 Å². The largest absolute Gasteiger partial charge is 0.472 e. The fourth-order valence-corrected chi connectivity index (χ4v) is 3.49. The molecule has 5 heterocycles. The molecule has 9 heteroatoms. The number of likely N-dealkylation sites (tertiary alicyclic amines) is 1. The van der Waals surface area contributed by atoms with E-state index in [-0.39, 0.29) is 12.0 Å². The molecule has 156 valence electrons. The first-order valence-electron chi connectivity index (χ1n) is 9.92. The molecule has 1 aliphatic heterocycles. The molecule has 0 saturated carbocycles. The molecule has 9 nitrogen and oxygen atoms in total. The molecule has 0 aromatic carbocycles. The van der Waals surface area contributed by atoms with Crippen LogP contribution in [0.4, 0.5) is 5.82 Å². The standard InChI is InChI=1S/C22H21N7O2/c1-28-12-17(13-28)31-21-7-14(5-6-23-21)22(30)27-20-8-19-15(9-24-20)3-4-18(26-19)16-10-25-29(2)11-16/h3-11,17H,12-13H2,1-2H3,(H,24,27,30). The molecule has 1 fully saturated rings. The van der Waals surface area contributed by atoms with Crippen LogP contribution in [0.2, 0.25) is 0 Å². The van der Waals surface area contributed by atoms with Gasteiger partial charge in [0.05, 0.1) is 17.4 Å². The van der Waals surface area contributed by atoms with Gasteiger partial charge >= 0.3 is 0 Å². The predicted molar refractivity (Wildman–Crippen MR) is 116 cm³/mol. The van der Waals surface area contributed by atoms with E-state index in [2.05, 4.69) is 30.3 Å². The van der Waals surface area contributed by atoms with Crippen molar-refractivity contribution in [2.24, 2.45) is 7.05 Å². The molecule has 4 aromatic heterocycles. The Balaban J connectivity index is 1.34. The van der Waals surface area contributed by atoms with Gasteiger partial charge in [0.1, 0.15) is 11.9 Å². The first kappa shape index (κ1) is 19.1. The Labute approximate surface area is 178 Å². The van der Waals surface area contributed by atoms with Crippen molar-refractivity contribution in [2.75, 3.05) is 25.5 Å². The summed E-state index contributed by atoms with van der Waals surface area (Å²) in [5.41, 5.74) is 2.92. The quantitative estimate of drug-likeness (QED) is 0.534. The lowest BCUT2D eigenvalue weighted by Crippen LogP contribution is -2.51. The summed E-state index contributed by atoms with van der Waals surface area (Å²) in [6.07, 6.45) is 7.05. The number of carbonyl (C=O) groups excluding carboxylic acids is 1. The number of likely N-dealkylation sites (N-methyl/N-ethyl adjacent to an activating group) is 1. The highest BCUT2D eigenvalue weighted by Gasteiger charge is 2.25. The van der Waals surface area contributed by atoms with Crippen LogP contribution < -0.4 is 10.1 Å². The van der Waals surface area contributed by atoms with E-state index in [1.54, 1.807) is 41.5 Å². The number of anilines is 1. The van der Waals surface area contributed by atoms with Crippen LogP contribution in [0.25, 0.3) is 22.2 Å². The predicted octanol–water partition coefficient (Wildman–Crippen LogP) is 2.37. The van der Waals surface area contributed by atoms with Crippen LogP contribution in [0.5, 0.6) is 5.88 Å². The fourth-order valence-electron chi connectivity index (χ4n) is 3.49. The number of nitrogens with zero attached hydrogens (tertiary/aromatic N) is 6. The SMILES string of the molecule is CN1CC(Oc2cc(C(=O)Nc3cc4nc(-c5cnn(C)c5)ccc4cn3)ccn2)C1. The maximum absolute atomic E-state index is 12.7. The molecular formula is C22H21N7O2. The number of rotatable bonds is 5. The normalized spacial score (nSPS) is 14.4. The summed E-state index contributed by atoms with van der Waals surface area (Å²) in [5, 5.41) is 7.91. The third kappa shape index (κ3) is 4.08. The molecule has 0 aliphatic carbocycles. The van der Waals surface area contributed by atoms with Crippen molar-refractivity contribution in [1.29, 1.82) is 0 Å². The molecule has 1 saturated heterocycles. The summed E-state index contributed by atoms with van der Waals surface area (Å²) in [6, 6.07) is 8.93. The minimum Gasteiger partial charge on any atom is -0.472 e. The lowest BCUT2D eigenvalue weighted by molar-refractivity contribution is 0.0355. The smallest absolute Gasteiger partial charge is 0.257 e. The minimum absolute atomic E-state index is 0.109. The first-order valence-corrected chi connectivity index (χ1v) is 9.92. The number of nitrogens with one attached hydrogen (secondary N) is 1. The Hall–Kier alpha value is -3.85. The van der Waals surface area contributed by atoms with Crippen molar-refractivity contribution >= 4 is 22.6 Å². The maximum Gasteiger partial charge on any atom is 0.257 e. The number of aryl methyl sites for hydroxylation is 1. The summed E-state index contributed by atoms with van der Waals surface area (Å²) in [5.74, 6) is 0.585. The molecule has 4 aromatic rings. The Morgan fingerprint density at radius 1 is 1.13 bits per heavy atom. The highest BCUT2D eigenvalue weighted by Crippen LogP contribution is 2.22. The molecule has 1 amide bonds. The van der Waals surface area contributed by atoms with E-state index in [1.165, 1.54) is 0 Å². The molecule has 0 radical (unpaired) electrons. The summed E-state index contributed by atoms with van der Waals surface area (Å²) < 4.78 is 7.54. The zero-order valence-corrected chi connectivity index (χ0v) is 17.2. The van der Waals surface area contributed by atoms with Crippen LogP contribution in [0, 0.1) is 0 Å². The van der Waals surface area contributed by atoms with Crippen molar-refractivity contribution in [3.05, 3.63) is 60.7 Å².